The maximum Gasteiger partial charge on any atom is 0.350 e. The highest BCUT2D eigenvalue weighted by molar-refractivity contribution is 5.35. The molecule has 7 nitrogen and oxygen atoms in total. The fourth-order valence-corrected chi connectivity index (χ4v) is 3.76. The Labute approximate surface area is 147 Å². The highest BCUT2D eigenvalue weighted by Gasteiger charge is 2.24. The SMILES string of the molecule is O=c1n(CCN(C[C@H]2CCCO2)C[C@H]2CCCO2)nc2ccccn12. The van der Waals surface area contributed by atoms with Crippen molar-refractivity contribution in [1.82, 2.24) is 19.1 Å². The zero-order chi connectivity index (χ0) is 17.1. The van der Waals surface area contributed by atoms with Crippen molar-refractivity contribution in [3.05, 3.63) is 34.9 Å². The Hall–Kier alpha value is -1.70. The summed E-state index contributed by atoms with van der Waals surface area (Å²) in [4.78, 5) is 14.8. The third-order valence-corrected chi connectivity index (χ3v) is 5.09. The van der Waals surface area contributed by atoms with Gasteiger partial charge in [0.1, 0.15) is 0 Å². The average molecular weight is 346 g/mol. The van der Waals surface area contributed by atoms with Crippen molar-refractivity contribution < 1.29 is 9.47 Å². The lowest BCUT2D eigenvalue weighted by molar-refractivity contribution is 0.0359. The molecule has 0 radical (unpaired) electrons. The fraction of sp³-hybridized carbons (Fsp3) is 0.667. The first-order valence-corrected chi connectivity index (χ1v) is 9.29. The first-order valence-electron chi connectivity index (χ1n) is 9.29. The van der Waals surface area contributed by atoms with Crippen molar-refractivity contribution >= 4 is 5.65 Å². The molecule has 4 rings (SSSR count). The molecule has 25 heavy (non-hydrogen) atoms. The minimum absolute atomic E-state index is 0.0789. The van der Waals surface area contributed by atoms with E-state index in [9.17, 15) is 4.79 Å². The molecule has 136 valence electrons. The van der Waals surface area contributed by atoms with Gasteiger partial charge in [-0.2, -0.15) is 0 Å². The van der Waals surface area contributed by atoms with Gasteiger partial charge in [0.15, 0.2) is 5.65 Å². The second-order valence-electron chi connectivity index (χ2n) is 6.96. The molecule has 0 amide bonds. The van der Waals surface area contributed by atoms with Crippen molar-refractivity contribution in [1.29, 1.82) is 0 Å². The van der Waals surface area contributed by atoms with Crippen molar-refractivity contribution in [2.45, 2.75) is 44.4 Å². The van der Waals surface area contributed by atoms with Crippen LogP contribution in [-0.4, -0.2) is 64.1 Å². The second kappa shape index (κ2) is 7.68. The lowest BCUT2D eigenvalue weighted by Gasteiger charge is -2.27. The first kappa shape index (κ1) is 16.8. The maximum absolute atomic E-state index is 12.4. The summed E-state index contributed by atoms with van der Waals surface area (Å²) in [6.07, 6.45) is 6.90. The Kier molecular flexibility index (Phi) is 5.14. The number of ether oxygens (including phenoxy) is 2. The van der Waals surface area contributed by atoms with E-state index in [-0.39, 0.29) is 5.69 Å². The van der Waals surface area contributed by atoms with E-state index in [1.165, 1.54) is 0 Å². The van der Waals surface area contributed by atoms with Crippen LogP contribution >= 0.6 is 0 Å². The third kappa shape index (κ3) is 3.94. The molecular weight excluding hydrogens is 320 g/mol. The highest BCUT2D eigenvalue weighted by atomic mass is 16.5. The normalized spacial score (nSPS) is 23.9. The first-order chi connectivity index (χ1) is 12.3. The molecule has 2 aliphatic rings. The van der Waals surface area contributed by atoms with Crippen molar-refractivity contribution in [3.63, 3.8) is 0 Å². The molecule has 0 aromatic carbocycles. The van der Waals surface area contributed by atoms with Crippen LogP contribution in [0.5, 0.6) is 0 Å². The topological polar surface area (TPSA) is 61.0 Å². The summed E-state index contributed by atoms with van der Waals surface area (Å²) in [5.41, 5.74) is 0.613. The van der Waals surface area contributed by atoms with Crippen LogP contribution in [0.3, 0.4) is 0 Å². The van der Waals surface area contributed by atoms with Gasteiger partial charge in [-0.25, -0.2) is 9.48 Å². The number of aromatic nitrogens is 3. The van der Waals surface area contributed by atoms with E-state index in [1.807, 2.05) is 18.2 Å². The van der Waals surface area contributed by atoms with Crippen LogP contribution in [0.1, 0.15) is 25.7 Å². The van der Waals surface area contributed by atoms with Crippen LogP contribution in [-0.2, 0) is 16.0 Å². The highest BCUT2D eigenvalue weighted by Crippen LogP contribution is 2.17. The minimum Gasteiger partial charge on any atom is -0.377 e. The van der Waals surface area contributed by atoms with Crippen molar-refractivity contribution in [2.75, 3.05) is 32.8 Å². The van der Waals surface area contributed by atoms with Crippen molar-refractivity contribution in [2.24, 2.45) is 0 Å². The zero-order valence-electron chi connectivity index (χ0n) is 14.5. The van der Waals surface area contributed by atoms with Crippen LogP contribution in [0, 0.1) is 0 Å². The maximum atomic E-state index is 12.4. The number of rotatable bonds is 7. The van der Waals surface area contributed by atoms with E-state index in [1.54, 1.807) is 15.3 Å². The third-order valence-electron chi connectivity index (χ3n) is 5.09. The Morgan fingerprint density at radius 3 is 2.44 bits per heavy atom. The van der Waals surface area contributed by atoms with E-state index >= 15 is 0 Å². The smallest absolute Gasteiger partial charge is 0.350 e. The van der Waals surface area contributed by atoms with Gasteiger partial charge in [-0.3, -0.25) is 9.30 Å². The molecular formula is C18H26N4O3. The number of hydrogen-bond acceptors (Lipinski definition) is 5. The predicted molar refractivity (Wildman–Crippen MR) is 93.8 cm³/mol. The van der Waals surface area contributed by atoms with Gasteiger partial charge in [-0.05, 0) is 37.8 Å². The lowest BCUT2D eigenvalue weighted by Crippen LogP contribution is -2.40. The van der Waals surface area contributed by atoms with Gasteiger partial charge in [0.05, 0.1) is 18.8 Å². The Morgan fingerprint density at radius 2 is 1.84 bits per heavy atom. The monoisotopic (exact) mass is 346 g/mol. The molecule has 2 atom stereocenters. The minimum atomic E-state index is -0.0789. The molecule has 0 bridgehead atoms. The summed E-state index contributed by atoms with van der Waals surface area (Å²) in [7, 11) is 0. The van der Waals surface area contributed by atoms with Crippen LogP contribution in [0.4, 0.5) is 0 Å². The van der Waals surface area contributed by atoms with Gasteiger partial charge in [0.25, 0.3) is 0 Å². The van der Waals surface area contributed by atoms with Gasteiger partial charge in [0, 0.05) is 39.0 Å². The molecule has 0 unspecified atom stereocenters. The molecule has 0 aliphatic carbocycles. The van der Waals surface area contributed by atoms with Gasteiger partial charge in [0.2, 0.25) is 0 Å². The van der Waals surface area contributed by atoms with Gasteiger partial charge >= 0.3 is 5.69 Å². The van der Waals surface area contributed by atoms with Gasteiger partial charge < -0.3 is 9.47 Å². The summed E-state index contributed by atoms with van der Waals surface area (Å²) in [6.45, 7) is 4.90. The lowest BCUT2D eigenvalue weighted by atomic mass is 10.2. The average Bonchev–Trinajstić information content (AvgIpc) is 3.36. The van der Waals surface area contributed by atoms with Gasteiger partial charge in [-0.15, -0.1) is 5.10 Å². The predicted octanol–water partition coefficient (Wildman–Crippen LogP) is 1.16. The molecule has 2 saturated heterocycles. The molecule has 0 saturated carbocycles. The molecule has 7 heteroatoms. The number of fused-ring (bicyclic) bond motifs is 1. The van der Waals surface area contributed by atoms with Crippen LogP contribution in [0.25, 0.3) is 5.65 Å². The van der Waals surface area contributed by atoms with Crippen LogP contribution in [0.15, 0.2) is 29.2 Å². The molecule has 4 heterocycles. The number of pyridine rings is 1. The number of hydrogen-bond donors (Lipinski definition) is 0. The zero-order valence-corrected chi connectivity index (χ0v) is 14.5. The largest absolute Gasteiger partial charge is 0.377 e. The quantitative estimate of drug-likeness (QED) is 0.753. The summed E-state index contributed by atoms with van der Waals surface area (Å²) < 4.78 is 14.8. The molecule has 0 spiro atoms. The summed E-state index contributed by atoms with van der Waals surface area (Å²) in [5, 5.41) is 4.43. The van der Waals surface area contributed by atoms with Gasteiger partial charge in [-0.1, -0.05) is 6.07 Å². The molecule has 2 aromatic rings. The van der Waals surface area contributed by atoms with Crippen molar-refractivity contribution in [3.8, 4) is 0 Å². The van der Waals surface area contributed by atoms with E-state index < -0.39 is 0 Å². The van der Waals surface area contributed by atoms with Crippen LogP contribution < -0.4 is 5.69 Å². The Balaban J connectivity index is 1.42. The molecule has 2 aliphatic heterocycles. The van der Waals surface area contributed by atoms with E-state index in [0.717, 1.165) is 58.5 Å². The Bertz CT molecular complexity index is 726. The summed E-state index contributed by atoms with van der Waals surface area (Å²) >= 11 is 0. The molecule has 2 aromatic heterocycles. The second-order valence-corrected chi connectivity index (χ2v) is 6.96. The Morgan fingerprint density at radius 1 is 1.12 bits per heavy atom. The van der Waals surface area contributed by atoms with E-state index in [0.29, 0.717) is 24.4 Å². The summed E-state index contributed by atoms with van der Waals surface area (Å²) in [5.74, 6) is 0. The molecule has 2 fully saturated rings. The van der Waals surface area contributed by atoms with E-state index in [4.69, 9.17) is 9.47 Å². The summed E-state index contributed by atoms with van der Waals surface area (Å²) in [6, 6.07) is 5.60. The van der Waals surface area contributed by atoms with E-state index in [2.05, 4.69) is 10.00 Å². The van der Waals surface area contributed by atoms with Crippen LogP contribution in [0.2, 0.25) is 0 Å². The fourth-order valence-electron chi connectivity index (χ4n) is 3.76. The number of nitrogens with zero attached hydrogens (tertiary/aromatic N) is 4. The standard InChI is InChI=1S/C18H26N4O3/c23-18-21-8-2-1-7-17(21)19-22(18)10-9-20(13-15-5-3-11-24-15)14-16-6-4-12-25-16/h1-2,7-8,15-16H,3-6,9-14H2/t15-,16-/m1/s1. The molecule has 0 N–H and O–H groups in total.